The first-order valence-corrected chi connectivity index (χ1v) is 6.98. The lowest BCUT2D eigenvalue weighted by Crippen LogP contribution is -2.19. The molecule has 0 saturated heterocycles. The molecule has 0 amide bonds. The number of alkyl halides is 1. The number of fused-ring (bicyclic) bond motifs is 1. The van der Waals surface area contributed by atoms with Crippen molar-refractivity contribution < 1.29 is 4.74 Å². The third-order valence-corrected chi connectivity index (χ3v) is 3.23. The number of ether oxygens (including phenoxy) is 1. The largest absolute Gasteiger partial charge is 0.378 e. The van der Waals surface area contributed by atoms with E-state index in [-0.39, 0.29) is 0 Å². The highest BCUT2D eigenvalue weighted by Crippen LogP contribution is 2.17. The molecule has 0 aliphatic rings. The van der Waals surface area contributed by atoms with Crippen LogP contribution in [0.3, 0.4) is 0 Å². The van der Waals surface area contributed by atoms with E-state index in [1.807, 2.05) is 32.3 Å². The van der Waals surface area contributed by atoms with E-state index in [0.29, 0.717) is 12.5 Å². The normalized spacial score (nSPS) is 11.6. The molecule has 5 heteroatoms. The van der Waals surface area contributed by atoms with Crippen molar-refractivity contribution in [2.75, 3.05) is 33.9 Å². The Bertz CT molecular complexity index is 524. The number of nitrogens with zero attached hydrogens (tertiary/aromatic N) is 3. The third-order valence-electron chi connectivity index (χ3n) is 3.00. The fraction of sp³-hybridized carbons (Fsp3) is 0.500. The first kappa shape index (κ1) is 14.3. The second kappa shape index (κ2) is 6.89. The van der Waals surface area contributed by atoms with Gasteiger partial charge in [-0.1, -0.05) is 12.1 Å². The average molecular weight is 282 g/mol. The van der Waals surface area contributed by atoms with Crippen molar-refractivity contribution in [2.24, 2.45) is 0 Å². The highest BCUT2D eigenvalue weighted by Gasteiger charge is 2.08. The van der Waals surface area contributed by atoms with Crippen LogP contribution in [0.4, 0.5) is 0 Å². The SMILES string of the molecule is CN(C)CCOCCn1c(CCl)nc2ccccc21. The van der Waals surface area contributed by atoms with Crippen LogP contribution in [0.15, 0.2) is 24.3 Å². The fourth-order valence-electron chi connectivity index (χ4n) is 1.98. The molecule has 0 aliphatic carbocycles. The van der Waals surface area contributed by atoms with E-state index >= 15 is 0 Å². The molecule has 1 aromatic carbocycles. The first-order valence-electron chi connectivity index (χ1n) is 6.45. The maximum Gasteiger partial charge on any atom is 0.124 e. The van der Waals surface area contributed by atoms with Crippen molar-refractivity contribution in [1.29, 1.82) is 0 Å². The highest BCUT2D eigenvalue weighted by molar-refractivity contribution is 6.16. The summed E-state index contributed by atoms with van der Waals surface area (Å²) in [7, 11) is 4.08. The molecule has 0 fully saturated rings. The minimum Gasteiger partial charge on any atom is -0.378 e. The Hall–Kier alpha value is -1.10. The summed E-state index contributed by atoms with van der Waals surface area (Å²) >= 11 is 5.95. The Morgan fingerprint density at radius 1 is 1.26 bits per heavy atom. The molecule has 104 valence electrons. The summed E-state index contributed by atoms with van der Waals surface area (Å²) in [4.78, 5) is 6.63. The number of aromatic nitrogens is 2. The summed E-state index contributed by atoms with van der Waals surface area (Å²) in [5, 5.41) is 0. The Morgan fingerprint density at radius 3 is 2.79 bits per heavy atom. The van der Waals surface area contributed by atoms with E-state index in [4.69, 9.17) is 16.3 Å². The lowest BCUT2D eigenvalue weighted by molar-refractivity contribution is 0.111. The van der Waals surface area contributed by atoms with Gasteiger partial charge in [0.15, 0.2) is 0 Å². The molecule has 2 rings (SSSR count). The number of halogens is 1. The van der Waals surface area contributed by atoms with Crippen molar-refractivity contribution in [3.8, 4) is 0 Å². The zero-order chi connectivity index (χ0) is 13.7. The number of hydrogen-bond acceptors (Lipinski definition) is 3. The summed E-state index contributed by atoms with van der Waals surface area (Å²) in [5.41, 5.74) is 2.11. The predicted molar refractivity (Wildman–Crippen MR) is 78.7 cm³/mol. The van der Waals surface area contributed by atoms with Crippen molar-refractivity contribution in [1.82, 2.24) is 14.5 Å². The minimum atomic E-state index is 0.423. The van der Waals surface area contributed by atoms with Gasteiger partial charge in [0.25, 0.3) is 0 Å². The molecule has 19 heavy (non-hydrogen) atoms. The Labute approximate surface area is 118 Å². The lowest BCUT2D eigenvalue weighted by atomic mass is 10.3. The monoisotopic (exact) mass is 281 g/mol. The van der Waals surface area contributed by atoms with Crippen LogP contribution in [0, 0.1) is 0 Å². The van der Waals surface area contributed by atoms with Gasteiger partial charge in [-0.2, -0.15) is 0 Å². The number of likely N-dealkylation sites (N-methyl/N-ethyl adjacent to an activating group) is 1. The smallest absolute Gasteiger partial charge is 0.124 e. The summed E-state index contributed by atoms with van der Waals surface area (Å²) in [5.74, 6) is 1.32. The maximum atomic E-state index is 5.95. The summed E-state index contributed by atoms with van der Waals surface area (Å²) < 4.78 is 7.77. The van der Waals surface area contributed by atoms with Crippen LogP contribution in [0.5, 0.6) is 0 Å². The molecule has 0 atom stereocenters. The minimum absolute atomic E-state index is 0.423. The Balaban J connectivity index is 1.99. The van der Waals surface area contributed by atoms with Gasteiger partial charge >= 0.3 is 0 Å². The van der Waals surface area contributed by atoms with E-state index in [1.54, 1.807) is 0 Å². The molecular weight excluding hydrogens is 262 g/mol. The van der Waals surface area contributed by atoms with Crippen LogP contribution in [-0.4, -0.2) is 48.3 Å². The van der Waals surface area contributed by atoms with Crippen molar-refractivity contribution in [3.05, 3.63) is 30.1 Å². The number of imidazole rings is 1. The molecular formula is C14H20ClN3O. The Kier molecular flexibility index (Phi) is 5.19. The molecule has 0 N–H and O–H groups in total. The molecule has 0 spiro atoms. The topological polar surface area (TPSA) is 30.3 Å². The van der Waals surface area contributed by atoms with Gasteiger partial charge in [-0.25, -0.2) is 4.98 Å². The molecule has 0 aliphatic heterocycles. The van der Waals surface area contributed by atoms with Crippen LogP contribution >= 0.6 is 11.6 Å². The number of hydrogen-bond donors (Lipinski definition) is 0. The molecule has 0 unspecified atom stereocenters. The van der Waals surface area contributed by atoms with Gasteiger partial charge < -0.3 is 14.2 Å². The highest BCUT2D eigenvalue weighted by atomic mass is 35.5. The van der Waals surface area contributed by atoms with Crippen molar-refractivity contribution in [2.45, 2.75) is 12.4 Å². The molecule has 2 aromatic rings. The van der Waals surface area contributed by atoms with Gasteiger partial charge in [0, 0.05) is 13.1 Å². The van der Waals surface area contributed by atoms with Gasteiger partial charge in [0.2, 0.25) is 0 Å². The van der Waals surface area contributed by atoms with Gasteiger partial charge in [-0.05, 0) is 26.2 Å². The number of rotatable bonds is 7. The molecule has 4 nitrogen and oxygen atoms in total. The maximum absolute atomic E-state index is 5.95. The van der Waals surface area contributed by atoms with E-state index < -0.39 is 0 Å². The molecule has 0 bridgehead atoms. The molecule has 0 radical (unpaired) electrons. The molecule has 1 heterocycles. The van der Waals surface area contributed by atoms with Crippen LogP contribution in [0.25, 0.3) is 11.0 Å². The van der Waals surface area contributed by atoms with Gasteiger partial charge in [0.1, 0.15) is 5.82 Å². The van der Waals surface area contributed by atoms with Crippen LogP contribution in [0.1, 0.15) is 5.82 Å². The van der Waals surface area contributed by atoms with E-state index in [2.05, 4.69) is 20.5 Å². The van der Waals surface area contributed by atoms with E-state index in [1.165, 1.54) is 0 Å². The van der Waals surface area contributed by atoms with Crippen molar-refractivity contribution >= 4 is 22.6 Å². The van der Waals surface area contributed by atoms with Gasteiger partial charge in [-0.15, -0.1) is 11.6 Å². The first-order chi connectivity index (χ1) is 9.22. The average Bonchev–Trinajstić information content (AvgIpc) is 2.76. The molecule has 0 saturated carbocycles. The van der Waals surface area contributed by atoms with Gasteiger partial charge in [-0.3, -0.25) is 0 Å². The van der Waals surface area contributed by atoms with E-state index in [0.717, 1.165) is 36.6 Å². The quantitative estimate of drug-likeness (QED) is 0.576. The van der Waals surface area contributed by atoms with Crippen LogP contribution in [-0.2, 0) is 17.2 Å². The zero-order valence-corrected chi connectivity index (χ0v) is 12.2. The van der Waals surface area contributed by atoms with Crippen LogP contribution < -0.4 is 0 Å². The summed E-state index contributed by atoms with van der Waals surface area (Å²) in [6.45, 7) is 3.15. The summed E-state index contributed by atoms with van der Waals surface area (Å²) in [6.07, 6.45) is 0. The second-order valence-corrected chi connectivity index (χ2v) is 4.98. The molecule has 1 aromatic heterocycles. The zero-order valence-electron chi connectivity index (χ0n) is 11.5. The second-order valence-electron chi connectivity index (χ2n) is 4.72. The predicted octanol–water partition coefficient (Wildman–Crippen LogP) is 2.35. The number of benzene rings is 1. The standard InChI is InChI=1S/C14H20ClN3O/c1-17(2)7-9-19-10-8-18-13-6-4-3-5-12(13)16-14(18)11-15/h3-6H,7-11H2,1-2H3. The fourth-order valence-corrected chi connectivity index (χ4v) is 2.19. The lowest BCUT2D eigenvalue weighted by Gasteiger charge is -2.11. The van der Waals surface area contributed by atoms with E-state index in [9.17, 15) is 0 Å². The third kappa shape index (κ3) is 3.69. The van der Waals surface area contributed by atoms with Crippen molar-refractivity contribution in [3.63, 3.8) is 0 Å². The van der Waals surface area contributed by atoms with Crippen LogP contribution in [0.2, 0.25) is 0 Å². The summed E-state index contributed by atoms with van der Waals surface area (Å²) in [6, 6.07) is 8.09. The van der Waals surface area contributed by atoms with Gasteiger partial charge in [0.05, 0.1) is 30.1 Å². The Morgan fingerprint density at radius 2 is 2.05 bits per heavy atom. The number of para-hydroxylation sites is 2.